The number of esters is 1. The van der Waals surface area contributed by atoms with E-state index in [4.69, 9.17) is 14.2 Å². The Morgan fingerprint density at radius 2 is 1.85 bits per heavy atom. The maximum absolute atomic E-state index is 12.2. The highest BCUT2D eigenvalue weighted by Gasteiger charge is 2.16. The van der Waals surface area contributed by atoms with E-state index in [1.807, 2.05) is 25.1 Å². The van der Waals surface area contributed by atoms with Crippen molar-refractivity contribution in [1.29, 1.82) is 0 Å². The van der Waals surface area contributed by atoms with E-state index in [0.717, 1.165) is 5.56 Å². The van der Waals surface area contributed by atoms with E-state index >= 15 is 0 Å². The number of rotatable bonds is 7. The van der Waals surface area contributed by atoms with Crippen LogP contribution in [0.25, 0.3) is 6.08 Å². The summed E-state index contributed by atoms with van der Waals surface area (Å²) in [6.45, 7) is 3.44. The standard InChI is InChI=1S/C21H23NO5/c1-14-6-5-7-17(12-14)22-21(24)15(2)27-20(23)11-8-16-13-18(25-3)9-10-19(16)26-4/h5-13,15H,1-4H3,(H,22,24)/b11-8+. The number of benzene rings is 2. The van der Waals surface area contributed by atoms with E-state index in [-0.39, 0.29) is 0 Å². The van der Waals surface area contributed by atoms with Crippen LogP contribution < -0.4 is 14.8 Å². The third kappa shape index (κ3) is 5.88. The SMILES string of the molecule is COc1ccc(OC)c(/C=C/C(=O)OC(C)C(=O)Nc2cccc(C)c2)c1. The molecule has 2 aromatic carbocycles. The molecule has 2 aromatic rings. The summed E-state index contributed by atoms with van der Waals surface area (Å²) in [7, 11) is 3.09. The zero-order valence-corrected chi connectivity index (χ0v) is 15.8. The van der Waals surface area contributed by atoms with Crippen molar-refractivity contribution in [3.8, 4) is 11.5 Å². The number of anilines is 1. The highest BCUT2D eigenvalue weighted by molar-refractivity contribution is 5.96. The van der Waals surface area contributed by atoms with Crippen LogP contribution in [0.4, 0.5) is 5.69 Å². The molecule has 0 radical (unpaired) electrons. The number of nitrogens with one attached hydrogen (secondary N) is 1. The molecule has 0 fully saturated rings. The first-order valence-electron chi connectivity index (χ1n) is 8.41. The van der Waals surface area contributed by atoms with Crippen molar-refractivity contribution in [2.75, 3.05) is 19.5 Å². The van der Waals surface area contributed by atoms with Gasteiger partial charge in [-0.1, -0.05) is 12.1 Å². The van der Waals surface area contributed by atoms with E-state index in [1.54, 1.807) is 37.5 Å². The maximum atomic E-state index is 12.2. The number of ether oxygens (including phenoxy) is 3. The summed E-state index contributed by atoms with van der Waals surface area (Å²) in [5, 5.41) is 2.72. The number of carbonyl (C=O) groups is 2. The van der Waals surface area contributed by atoms with Crippen LogP contribution in [0.1, 0.15) is 18.1 Å². The number of hydrogen-bond acceptors (Lipinski definition) is 5. The van der Waals surface area contributed by atoms with Gasteiger partial charge in [0, 0.05) is 17.3 Å². The molecule has 1 N–H and O–H groups in total. The van der Waals surface area contributed by atoms with Gasteiger partial charge in [-0.2, -0.15) is 0 Å². The van der Waals surface area contributed by atoms with Crippen LogP contribution in [0.5, 0.6) is 11.5 Å². The zero-order valence-electron chi connectivity index (χ0n) is 15.8. The molecule has 0 aliphatic rings. The molecular weight excluding hydrogens is 346 g/mol. The summed E-state index contributed by atoms with van der Waals surface area (Å²) in [5.74, 6) is 0.188. The summed E-state index contributed by atoms with van der Waals surface area (Å²) < 4.78 is 15.6. The van der Waals surface area contributed by atoms with Crippen LogP contribution in [0, 0.1) is 6.92 Å². The van der Waals surface area contributed by atoms with Gasteiger partial charge < -0.3 is 19.5 Å². The fourth-order valence-electron chi connectivity index (χ4n) is 2.36. The molecule has 0 spiro atoms. The second kappa shape index (κ2) is 9.43. The summed E-state index contributed by atoms with van der Waals surface area (Å²) in [5.41, 5.74) is 2.33. The lowest BCUT2D eigenvalue weighted by atomic mass is 10.1. The second-order valence-corrected chi connectivity index (χ2v) is 5.88. The number of carbonyl (C=O) groups excluding carboxylic acids is 2. The molecule has 0 aliphatic heterocycles. The highest BCUT2D eigenvalue weighted by atomic mass is 16.5. The first-order valence-corrected chi connectivity index (χ1v) is 8.41. The van der Waals surface area contributed by atoms with Gasteiger partial charge in [0.2, 0.25) is 0 Å². The number of aryl methyl sites for hydroxylation is 1. The average molecular weight is 369 g/mol. The van der Waals surface area contributed by atoms with Crippen molar-refractivity contribution in [2.24, 2.45) is 0 Å². The first-order chi connectivity index (χ1) is 12.9. The van der Waals surface area contributed by atoms with Gasteiger partial charge in [-0.05, 0) is 55.8 Å². The lowest BCUT2D eigenvalue weighted by molar-refractivity contribution is -0.148. The third-order valence-corrected chi connectivity index (χ3v) is 3.78. The van der Waals surface area contributed by atoms with Crippen LogP contribution in [0.15, 0.2) is 48.5 Å². The van der Waals surface area contributed by atoms with E-state index in [1.165, 1.54) is 20.1 Å². The molecule has 1 unspecified atom stereocenters. The van der Waals surface area contributed by atoms with Gasteiger partial charge in [0.05, 0.1) is 14.2 Å². The summed E-state index contributed by atoms with van der Waals surface area (Å²) >= 11 is 0. The van der Waals surface area contributed by atoms with E-state index in [2.05, 4.69) is 5.32 Å². The lowest BCUT2D eigenvalue weighted by Gasteiger charge is -2.12. The first kappa shape index (κ1) is 20.0. The lowest BCUT2D eigenvalue weighted by Crippen LogP contribution is -2.29. The zero-order chi connectivity index (χ0) is 19.8. The van der Waals surface area contributed by atoms with Crippen LogP contribution in [-0.4, -0.2) is 32.2 Å². The largest absolute Gasteiger partial charge is 0.497 e. The van der Waals surface area contributed by atoms with E-state index < -0.39 is 18.0 Å². The van der Waals surface area contributed by atoms with Gasteiger partial charge in [0.15, 0.2) is 6.10 Å². The van der Waals surface area contributed by atoms with Gasteiger partial charge in [0.1, 0.15) is 11.5 Å². The second-order valence-electron chi connectivity index (χ2n) is 5.88. The van der Waals surface area contributed by atoms with Crippen LogP contribution in [0.2, 0.25) is 0 Å². The Hall–Kier alpha value is -3.28. The molecule has 142 valence electrons. The van der Waals surface area contributed by atoms with Crippen LogP contribution >= 0.6 is 0 Å². The molecule has 27 heavy (non-hydrogen) atoms. The van der Waals surface area contributed by atoms with Gasteiger partial charge in [-0.25, -0.2) is 4.79 Å². The predicted octanol–water partition coefficient (Wildman–Crippen LogP) is 3.60. The van der Waals surface area contributed by atoms with Gasteiger partial charge in [-0.15, -0.1) is 0 Å². The molecule has 0 aromatic heterocycles. The molecule has 1 atom stereocenters. The average Bonchev–Trinajstić information content (AvgIpc) is 2.66. The number of hydrogen-bond donors (Lipinski definition) is 1. The van der Waals surface area contributed by atoms with Gasteiger partial charge in [-0.3, -0.25) is 4.79 Å². The molecular formula is C21H23NO5. The van der Waals surface area contributed by atoms with Gasteiger partial charge in [0.25, 0.3) is 5.91 Å². The van der Waals surface area contributed by atoms with Gasteiger partial charge >= 0.3 is 5.97 Å². The number of amides is 1. The minimum Gasteiger partial charge on any atom is -0.497 e. The normalized spacial score (nSPS) is 11.7. The molecule has 0 bridgehead atoms. The molecule has 6 heteroatoms. The minimum absolute atomic E-state index is 0.402. The van der Waals surface area contributed by atoms with Crippen molar-refractivity contribution in [3.63, 3.8) is 0 Å². The quantitative estimate of drug-likeness (QED) is 0.596. The fourth-order valence-corrected chi connectivity index (χ4v) is 2.36. The Kier molecular flexibility index (Phi) is 7.00. The smallest absolute Gasteiger partial charge is 0.331 e. The Bertz CT molecular complexity index is 844. The van der Waals surface area contributed by atoms with Crippen molar-refractivity contribution in [2.45, 2.75) is 20.0 Å². The van der Waals surface area contributed by atoms with Crippen LogP contribution in [-0.2, 0) is 14.3 Å². The monoisotopic (exact) mass is 369 g/mol. The summed E-state index contributed by atoms with van der Waals surface area (Å²) in [6, 6.07) is 12.6. The molecule has 6 nitrogen and oxygen atoms in total. The van der Waals surface area contributed by atoms with E-state index in [9.17, 15) is 9.59 Å². The third-order valence-electron chi connectivity index (χ3n) is 3.78. The Morgan fingerprint density at radius 3 is 2.52 bits per heavy atom. The van der Waals surface area contributed by atoms with Crippen LogP contribution in [0.3, 0.4) is 0 Å². The molecule has 2 rings (SSSR count). The highest BCUT2D eigenvalue weighted by Crippen LogP contribution is 2.25. The van der Waals surface area contributed by atoms with Crippen molar-refractivity contribution >= 4 is 23.6 Å². The van der Waals surface area contributed by atoms with Crippen molar-refractivity contribution < 1.29 is 23.8 Å². The molecule has 0 saturated heterocycles. The fraction of sp³-hybridized carbons (Fsp3) is 0.238. The Balaban J connectivity index is 1.98. The maximum Gasteiger partial charge on any atom is 0.331 e. The van der Waals surface area contributed by atoms with E-state index in [0.29, 0.717) is 22.7 Å². The molecule has 0 aliphatic carbocycles. The summed E-state index contributed by atoms with van der Waals surface area (Å²) in [6.07, 6.45) is 1.86. The molecule has 0 heterocycles. The topological polar surface area (TPSA) is 73.9 Å². The minimum atomic E-state index is -0.935. The molecule has 0 saturated carbocycles. The Labute approximate surface area is 158 Å². The summed E-state index contributed by atoms with van der Waals surface area (Å²) in [4.78, 5) is 24.2. The Morgan fingerprint density at radius 1 is 1.07 bits per heavy atom. The molecule has 1 amide bonds. The number of methoxy groups -OCH3 is 2. The predicted molar refractivity (Wildman–Crippen MR) is 104 cm³/mol. The van der Waals surface area contributed by atoms with Crippen molar-refractivity contribution in [3.05, 3.63) is 59.7 Å². The van der Waals surface area contributed by atoms with Crippen molar-refractivity contribution in [1.82, 2.24) is 0 Å².